The third kappa shape index (κ3) is 3.44. The van der Waals surface area contributed by atoms with Gasteiger partial charge in [-0.3, -0.25) is 0 Å². The van der Waals surface area contributed by atoms with Gasteiger partial charge in [-0.15, -0.1) is 0 Å². The summed E-state index contributed by atoms with van der Waals surface area (Å²) in [5.74, 6) is 0.534. The molecule has 1 heterocycles. The van der Waals surface area contributed by atoms with Gasteiger partial charge >= 0.3 is 0 Å². The minimum atomic E-state index is -3.63. The molecule has 0 unspecified atom stereocenters. The van der Waals surface area contributed by atoms with E-state index in [9.17, 15) is 8.42 Å². The van der Waals surface area contributed by atoms with Crippen LogP contribution in [0.2, 0.25) is 0 Å². The minimum absolute atomic E-state index is 0.0868. The molecule has 0 spiro atoms. The Balaban J connectivity index is 2.19. The van der Waals surface area contributed by atoms with Crippen molar-refractivity contribution in [1.82, 2.24) is 4.72 Å². The molecule has 2 aromatic rings. The van der Waals surface area contributed by atoms with Gasteiger partial charge in [0.25, 0.3) is 0 Å². The number of nitrogens with one attached hydrogen (secondary N) is 1. The summed E-state index contributed by atoms with van der Waals surface area (Å²) in [5, 5.41) is 8.99. The zero-order valence-corrected chi connectivity index (χ0v) is 12.2. The molecule has 19 heavy (non-hydrogen) atoms. The van der Waals surface area contributed by atoms with E-state index in [1.54, 1.807) is 24.3 Å². The molecule has 1 aromatic heterocycles. The van der Waals surface area contributed by atoms with Gasteiger partial charge in [-0.05, 0) is 45.8 Å². The van der Waals surface area contributed by atoms with E-state index in [4.69, 9.17) is 9.52 Å². The number of hydrogen-bond acceptors (Lipinski definition) is 4. The molecule has 0 amide bonds. The van der Waals surface area contributed by atoms with Gasteiger partial charge in [0.1, 0.15) is 5.76 Å². The number of aliphatic hydroxyl groups excluding tert-OH is 1. The number of benzene rings is 1. The Bertz CT molecular complexity index is 652. The largest absolute Gasteiger partial charge is 0.468 e. The lowest BCUT2D eigenvalue weighted by Crippen LogP contribution is -2.23. The van der Waals surface area contributed by atoms with Crippen molar-refractivity contribution < 1.29 is 17.9 Å². The van der Waals surface area contributed by atoms with Crippen LogP contribution >= 0.6 is 15.9 Å². The topological polar surface area (TPSA) is 79.5 Å². The second-order valence-electron chi connectivity index (χ2n) is 3.83. The molecule has 7 heteroatoms. The zero-order chi connectivity index (χ0) is 13.9. The maximum atomic E-state index is 12.1. The smallest absolute Gasteiger partial charge is 0.242 e. The molecule has 0 saturated carbocycles. The first-order valence-electron chi connectivity index (χ1n) is 5.44. The van der Waals surface area contributed by atoms with E-state index in [0.29, 0.717) is 15.8 Å². The van der Waals surface area contributed by atoms with Crippen LogP contribution in [0, 0.1) is 0 Å². The number of aliphatic hydroxyl groups is 1. The second kappa shape index (κ2) is 5.87. The van der Waals surface area contributed by atoms with Crippen molar-refractivity contribution in [3.8, 4) is 0 Å². The van der Waals surface area contributed by atoms with Crippen molar-refractivity contribution in [1.29, 1.82) is 0 Å². The number of furan rings is 1. The van der Waals surface area contributed by atoms with E-state index < -0.39 is 10.0 Å². The first-order chi connectivity index (χ1) is 9.03. The van der Waals surface area contributed by atoms with Crippen LogP contribution < -0.4 is 4.72 Å². The minimum Gasteiger partial charge on any atom is -0.468 e. The summed E-state index contributed by atoms with van der Waals surface area (Å²) in [7, 11) is -3.63. The average Bonchev–Trinajstić information content (AvgIpc) is 2.89. The van der Waals surface area contributed by atoms with Crippen LogP contribution in [0.3, 0.4) is 0 Å². The first kappa shape index (κ1) is 14.3. The van der Waals surface area contributed by atoms with Gasteiger partial charge in [0.05, 0.1) is 24.3 Å². The van der Waals surface area contributed by atoms with Crippen molar-refractivity contribution >= 4 is 26.0 Å². The molecule has 5 nitrogen and oxygen atoms in total. The predicted molar refractivity (Wildman–Crippen MR) is 72.8 cm³/mol. The summed E-state index contributed by atoms with van der Waals surface area (Å²) in [6.07, 6.45) is 1.48. The lowest BCUT2D eigenvalue weighted by atomic mass is 10.2. The zero-order valence-electron chi connectivity index (χ0n) is 9.84. The highest BCUT2D eigenvalue weighted by molar-refractivity contribution is 9.10. The summed E-state index contributed by atoms with van der Waals surface area (Å²) >= 11 is 3.19. The Morgan fingerprint density at radius 2 is 2.11 bits per heavy atom. The van der Waals surface area contributed by atoms with Crippen molar-refractivity contribution in [3.05, 3.63) is 52.4 Å². The Kier molecular flexibility index (Phi) is 4.41. The standard InChI is InChI=1S/C12H12BrNO4S/c13-11-6-9(8-15)3-4-12(11)19(16,17)14-7-10-2-1-5-18-10/h1-6,14-15H,7-8H2. The highest BCUT2D eigenvalue weighted by Gasteiger charge is 2.17. The molecule has 0 atom stereocenters. The molecular formula is C12H12BrNO4S. The van der Waals surface area contributed by atoms with E-state index in [1.165, 1.54) is 12.3 Å². The molecule has 2 rings (SSSR count). The number of sulfonamides is 1. The summed E-state index contributed by atoms with van der Waals surface area (Å²) < 4.78 is 32.1. The van der Waals surface area contributed by atoms with Gasteiger partial charge in [-0.25, -0.2) is 13.1 Å². The maximum absolute atomic E-state index is 12.1. The molecule has 2 N–H and O–H groups in total. The lowest BCUT2D eigenvalue weighted by molar-refractivity contribution is 0.281. The highest BCUT2D eigenvalue weighted by atomic mass is 79.9. The van der Waals surface area contributed by atoms with Crippen molar-refractivity contribution in [2.75, 3.05) is 0 Å². The van der Waals surface area contributed by atoms with Crippen LogP contribution in [0.15, 0.2) is 50.4 Å². The molecule has 0 bridgehead atoms. The fraction of sp³-hybridized carbons (Fsp3) is 0.167. The molecule has 0 radical (unpaired) electrons. The van der Waals surface area contributed by atoms with Gasteiger partial charge < -0.3 is 9.52 Å². The summed E-state index contributed by atoms with van der Waals surface area (Å²) in [4.78, 5) is 0.122. The molecule has 0 aliphatic rings. The van der Waals surface area contributed by atoms with E-state index in [0.717, 1.165) is 0 Å². The fourth-order valence-electron chi connectivity index (χ4n) is 1.52. The van der Waals surface area contributed by atoms with E-state index in [1.807, 2.05) is 0 Å². The molecule has 0 fully saturated rings. The third-order valence-corrected chi connectivity index (χ3v) is 4.86. The SMILES string of the molecule is O=S(=O)(NCc1ccco1)c1ccc(CO)cc1Br. The number of halogens is 1. The van der Waals surface area contributed by atoms with Gasteiger partial charge in [0.15, 0.2) is 0 Å². The quantitative estimate of drug-likeness (QED) is 0.868. The van der Waals surface area contributed by atoms with E-state index in [-0.39, 0.29) is 18.0 Å². The van der Waals surface area contributed by atoms with Crippen molar-refractivity contribution in [2.45, 2.75) is 18.0 Å². The molecule has 0 saturated heterocycles. The normalized spacial score (nSPS) is 11.7. The Hall–Kier alpha value is -1.15. The Morgan fingerprint density at radius 3 is 2.68 bits per heavy atom. The number of hydrogen-bond donors (Lipinski definition) is 2. The predicted octanol–water partition coefficient (Wildman–Crippen LogP) is 2.01. The highest BCUT2D eigenvalue weighted by Crippen LogP contribution is 2.23. The summed E-state index contributed by atoms with van der Waals surface area (Å²) in [6, 6.07) is 7.95. The van der Waals surface area contributed by atoms with Gasteiger partial charge in [-0.2, -0.15) is 0 Å². The third-order valence-electron chi connectivity index (χ3n) is 2.48. The fourth-order valence-corrected chi connectivity index (χ4v) is 3.63. The molecule has 0 aliphatic heterocycles. The van der Waals surface area contributed by atoms with Crippen LogP contribution in [0.4, 0.5) is 0 Å². The van der Waals surface area contributed by atoms with Crippen LogP contribution in [-0.4, -0.2) is 13.5 Å². The van der Waals surface area contributed by atoms with E-state index >= 15 is 0 Å². The van der Waals surface area contributed by atoms with Gasteiger partial charge in [-0.1, -0.05) is 6.07 Å². The maximum Gasteiger partial charge on any atom is 0.242 e. The second-order valence-corrected chi connectivity index (χ2v) is 6.42. The van der Waals surface area contributed by atoms with Gasteiger partial charge in [0, 0.05) is 4.47 Å². The van der Waals surface area contributed by atoms with Gasteiger partial charge in [0.2, 0.25) is 10.0 Å². The van der Waals surface area contributed by atoms with Crippen LogP contribution in [0.1, 0.15) is 11.3 Å². The first-order valence-corrected chi connectivity index (χ1v) is 7.72. The Morgan fingerprint density at radius 1 is 1.32 bits per heavy atom. The van der Waals surface area contributed by atoms with Crippen LogP contribution in [0.25, 0.3) is 0 Å². The number of rotatable bonds is 5. The van der Waals surface area contributed by atoms with E-state index in [2.05, 4.69) is 20.7 Å². The Labute approximate surface area is 119 Å². The van der Waals surface area contributed by atoms with Crippen molar-refractivity contribution in [3.63, 3.8) is 0 Å². The average molecular weight is 346 g/mol. The molecule has 102 valence electrons. The van der Waals surface area contributed by atoms with Crippen LogP contribution in [0.5, 0.6) is 0 Å². The van der Waals surface area contributed by atoms with Crippen molar-refractivity contribution in [2.24, 2.45) is 0 Å². The molecule has 1 aromatic carbocycles. The lowest BCUT2D eigenvalue weighted by Gasteiger charge is -2.08. The van der Waals surface area contributed by atoms with Crippen LogP contribution in [-0.2, 0) is 23.2 Å². The summed E-state index contributed by atoms with van der Waals surface area (Å²) in [6.45, 7) is -0.0533. The summed E-state index contributed by atoms with van der Waals surface area (Å²) in [5.41, 5.74) is 0.636. The monoisotopic (exact) mass is 345 g/mol. The molecular weight excluding hydrogens is 334 g/mol. The molecule has 0 aliphatic carbocycles.